The first-order valence-corrected chi connectivity index (χ1v) is 8.10. The molecule has 0 spiro atoms. The Hall–Kier alpha value is -3.28. The number of benzene rings is 2. The van der Waals surface area contributed by atoms with Gasteiger partial charge in [-0.2, -0.15) is 0 Å². The maximum Gasteiger partial charge on any atom is 0.159 e. The summed E-state index contributed by atoms with van der Waals surface area (Å²) in [5.41, 5.74) is 9.63. The number of anilines is 5. The van der Waals surface area contributed by atoms with Gasteiger partial charge in [0.15, 0.2) is 11.6 Å². The molecule has 0 aliphatic heterocycles. The Morgan fingerprint density at radius 1 is 0.960 bits per heavy atom. The number of hydrogen-bond acceptors (Lipinski definition) is 6. The number of aromatic nitrogens is 2. The van der Waals surface area contributed by atoms with Gasteiger partial charge in [-0.05, 0) is 49.7 Å². The predicted molar refractivity (Wildman–Crippen MR) is 102 cm³/mol. The van der Waals surface area contributed by atoms with Gasteiger partial charge in [-0.3, -0.25) is 0 Å². The Balaban J connectivity index is 1.80. The molecule has 0 fully saturated rings. The van der Waals surface area contributed by atoms with E-state index in [1.165, 1.54) is 6.33 Å². The lowest BCUT2D eigenvalue weighted by molar-refractivity contribution is 0.340. The molecular weight excluding hydrogens is 314 g/mol. The summed E-state index contributed by atoms with van der Waals surface area (Å²) in [5.74, 6) is 1.94. The molecule has 1 heterocycles. The third-order valence-corrected chi connectivity index (χ3v) is 3.71. The minimum Gasteiger partial charge on any atom is -0.494 e. The summed E-state index contributed by atoms with van der Waals surface area (Å²) in [6.45, 7) is 4.62. The number of nitrogens with zero attached hydrogens (tertiary/aromatic N) is 2. The van der Waals surface area contributed by atoms with Crippen LogP contribution < -0.4 is 21.1 Å². The summed E-state index contributed by atoms with van der Waals surface area (Å²) in [5, 5.41) is 6.47. The minimum atomic E-state index is 0.458. The fourth-order valence-corrected chi connectivity index (χ4v) is 2.37. The van der Waals surface area contributed by atoms with Crippen molar-refractivity contribution in [1.29, 1.82) is 0 Å². The summed E-state index contributed by atoms with van der Waals surface area (Å²) >= 11 is 0. The van der Waals surface area contributed by atoms with Crippen molar-refractivity contribution in [2.45, 2.75) is 13.8 Å². The van der Waals surface area contributed by atoms with Gasteiger partial charge in [0.1, 0.15) is 17.8 Å². The first-order chi connectivity index (χ1) is 12.2. The van der Waals surface area contributed by atoms with Crippen molar-refractivity contribution >= 4 is 28.7 Å². The highest BCUT2D eigenvalue weighted by atomic mass is 16.5. The van der Waals surface area contributed by atoms with E-state index in [2.05, 4.69) is 20.6 Å². The number of hydrogen-bond donors (Lipinski definition) is 3. The molecule has 6 nitrogen and oxygen atoms in total. The molecule has 0 aliphatic carbocycles. The molecule has 128 valence electrons. The molecule has 6 heteroatoms. The molecule has 0 amide bonds. The van der Waals surface area contributed by atoms with Gasteiger partial charge < -0.3 is 21.1 Å². The van der Waals surface area contributed by atoms with Crippen LogP contribution in [0.15, 0.2) is 54.9 Å². The first kappa shape index (κ1) is 16.6. The van der Waals surface area contributed by atoms with Crippen molar-refractivity contribution in [2.24, 2.45) is 0 Å². The van der Waals surface area contributed by atoms with Crippen LogP contribution in [0, 0.1) is 6.92 Å². The molecule has 4 N–H and O–H groups in total. The number of nitrogens with one attached hydrogen (secondary N) is 2. The molecule has 0 bridgehead atoms. The van der Waals surface area contributed by atoms with E-state index in [0.717, 1.165) is 22.7 Å². The predicted octanol–water partition coefficient (Wildman–Crippen LogP) is 4.25. The molecule has 3 rings (SSSR count). The average Bonchev–Trinajstić information content (AvgIpc) is 2.62. The van der Waals surface area contributed by atoms with Gasteiger partial charge in [-0.1, -0.05) is 18.2 Å². The van der Waals surface area contributed by atoms with Crippen LogP contribution in [0.2, 0.25) is 0 Å². The third-order valence-electron chi connectivity index (χ3n) is 3.71. The van der Waals surface area contributed by atoms with Gasteiger partial charge in [-0.15, -0.1) is 0 Å². The second-order valence-corrected chi connectivity index (χ2v) is 5.51. The maximum absolute atomic E-state index is 6.23. The largest absolute Gasteiger partial charge is 0.494 e. The topological polar surface area (TPSA) is 85.1 Å². The van der Waals surface area contributed by atoms with Gasteiger partial charge >= 0.3 is 0 Å². The number of para-hydroxylation sites is 1. The molecule has 0 atom stereocenters. The highest BCUT2D eigenvalue weighted by Gasteiger charge is 2.09. The lowest BCUT2D eigenvalue weighted by Crippen LogP contribution is -2.05. The fourth-order valence-electron chi connectivity index (χ4n) is 2.37. The van der Waals surface area contributed by atoms with E-state index < -0.39 is 0 Å². The van der Waals surface area contributed by atoms with E-state index in [1.54, 1.807) is 0 Å². The molecule has 0 radical (unpaired) electrons. The van der Waals surface area contributed by atoms with Crippen LogP contribution in [0.25, 0.3) is 0 Å². The SMILES string of the molecule is CCOc1ccc(Nc2ncnc(Nc3ccccc3C)c2N)cc1. The smallest absolute Gasteiger partial charge is 0.159 e. The second kappa shape index (κ2) is 7.53. The Morgan fingerprint density at radius 2 is 1.64 bits per heavy atom. The lowest BCUT2D eigenvalue weighted by Gasteiger charge is -2.14. The standard InChI is InChI=1S/C19H21N5O/c1-3-25-15-10-8-14(9-11-15)23-18-17(20)19(22-12-21-18)24-16-7-5-4-6-13(16)2/h4-12H,3,20H2,1-2H3,(H2,21,22,23,24). The average molecular weight is 335 g/mol. The van der Waals surface area contributed by atoms with Gasteiger partial charge in [0.05, 0.1) is 6.61 Å². The maximum atomic E-state index is 6.23. The van der Waals surface area contributed by atoms with Crippen LogP contribution >= 0.6 is 0 Å². The number of aryl methyl sites for hydroxylation is 1. The summed E-state index contributed by atoms with van der Waals surface area (Å²) in [6.07, 6.45) is 1.48. The molecule has 0 unspecified atom stereocenters. The Bertz CT molecular complexity index is 849. The van der Waals surface area contributed by atoms with E-state index in [-0.39, 0.29) is 0 Å². The van der Waals surface area contributed by atoms with Crippen molar-refractivity contribution in [3.8, 4) is 5.75 Å². The quantitative estimate of drug-likeness (QED) is 0.624. The highest BCUT2D eigenvalue weighted by Crippen LogP contribution is 2.29. The van der Waals surface area contributed by atoms with Gasteiger partial charge in [0, 0.05) is 11.4 Å². The van der Waals surface area contributed by atoms with Crippen LogP contribution in [0.5, 0.6) is 5.75 Å². The van der Waals surface area contributed by atoms with Crippen LogP contribution in [0.4, 0.5) is 28.7 Å². The molecule has 0 aliphatic rings. The van der Waals surface area contributed by atoms with E-state index in [1.807, 2.05) is 62.4 Å². The Labute approximate surface area is 147 Å². The van der Waals surface area contributed by atoms with Crippen LogP contribution in [-0.2, 0) is 0 Å². The summed E-state index contributed by atoms with van der Waals surface area (Å²) in [7, 11) is 0. The molecule has 3 aromatic rings. The third kappa shape index (κ3) is 3.98. The normalized spacial score (nSPS) is 10.3. The molecular formula is C19H21N5O. The second-order valence-electron chi connectivity index (χ2n) is 5.51. The van der Waals surface area contributed by atoms with Gasteiger partial charge in [0.25, 0.3) is 0 Å². The Kier molecular flexibility index (Phi) is 4.99. The number of nitrogens with two attached hydrogens (primary N) is 1. The summed E-state index contributed by atoms with van der Waals surface area (Å²) < 4.78 is 5.44. The molecule has 2 aromatic carbocycles. The van der Waals surface area contributed by atoms with Crippen LogP contribution in [0.1, 0.15) is 12.5 Å². The zero-order valence-electron chi connectivity index (χ0n) is 14.3. The van der Waals surface area contributed by atoms with E-state index in [0.29, 0.717) is 23.9 Å². The zero-order valence-corrected chi connectivity index (χ0v) is 14.3. The van der Waals surface area contributed by atoms with Crippen molar-refractivity contribution in [2.75, 3.05) is 23.0 Å². The van der Waals surface area contributed by atoms with Crippen molar-refractivity contribution in [3.63, 3.8) is 0 Å². The number of ether oxygens (including phenoxy) is 1. The summed E-state index contributed by atoms with van der Waals surface area (Å²) in [4.78, 5) is 8.49. The van der Waals surface area contributed by atoms with Crippen molar-refractivity contribution in [3.05, 3.63) is 60.4 Å². The summed E-state index contributed by atoms with van der Waals surface area (Å²) in [6, 6.07) is 15.6. The number of nitrogen functional groups attached to an aromatic ring is 1. The lowest BCUT2D eigenvalue weighted by atomic mass is 10.2. The Morgan fingerprint density at radius 3 is 2.32 bits per heavy atom. The minimum absolute atomic E-state index is 0.458. The van der Waals surface area contributed by atoms with Crippen molar-refractivity contribution in [1.82, 2.24) is 9.97 Å². The molecule has 0 saturated carbocycles. The molecule has 0 saturated heterocycles. The van der Waals surface area contributed by atoms with Crippen LogP contribution in [-0.4, -0.2) is 16.6 Å². The van der Waals surface area contributed by atoms with E-state index >= 15 is 0 Å². The van der Waals surface area contributed by atoms with E-state index in [9.17, 15) is 0 Å². The molecule has 25 heavy (non-hydrogen) atoms. The van der Waals surface area contributed by atoms with Crippen molar-refractivity contribution < 1.29 is 4.74 Å². The monoisotopic (exact) mass is 335 g/mol. The first-order valence-electron chi connectivity index (χ1n) is 8.10. The molecule has 1 aromatic heterocycles. The number of rotatable bonds is 6. The fraction of sp³-hybridized carbons (Fsp3) is 0.158. The van der Waals surface area contributed by atoms with E-state index in [4.69, 9.17) is 10.5 Å². The van der Waals surface area contributed by atoms with Gasteiger partial charge in [-0.25, -0.2) is 9.97 Å². The van der Waals surface area contributed by atoms with Crippen LogP contribution in [0.3, 0.4) is 0 Å². The van der Waals surface area contributed by atoms with Gasteiger partial charge in [0.2, 0.25) is 0 Å². The highest BCUT2D eigenvalue weighted by molar-refractivity contribution is 5.80. The zero-order chi connectivity index (χ0) is 17.6.